The van der Waals surface area contributed by atoms with Crippen LogP contribution in [0, 0.1) is 5.92 Å². The number of rotatable bonds is 4. The van der Waals surface area contributed by atoms with E-state index < -0.39 is 10.0 Å². The van der Waals surface area contributed by atoms with Crippen LogP contribution in [0.15, 0.2) is 31.8 Å². The number of benzene rings is 1. The average molecular weight is 382 g/mol. The smallest absolute Gasteiger partial charge is 0.245 e. The second kappa shape index (κ2) is 7.24. The van der Waals surface area contributed by atoms with Crippen molar-refractivity contribution in [2.24, 2.45) is 14.6 Å². The molecule has 1 unspecified atom stereocenters. The fraction of sp³-hybridized carbons (Fsp3) is 0.625. The molecule has 2 fully saturated rings. The van der Waals surface area contributed by atoms with Gasteiger partial charge in [-0.1, -0.05) is 6.07 Å². The summed E-state index contributed by atoms with van der Waals surface area (Å²) < 4.78 is 36.0. The molecule has 2 saturated heterocycles. The van der Waals surface area contributed by atoms with Gasteiger partial charge in [-0.15, -0.1) is 0 Å². The SMILES string of the molecule is O=S(=O)(c1cccc2c1N=S=N2)N1CCN(CC2CCCNC2)CC1. The summed E-state index contributed by atoms with van der Waals surface area (Å²) in [6.07, 6.45) is 2.51. The second-order valence-electron chi connectivity index (χ2n) is 6.81. The number of sulfonamides is 1. The van der Waals surface area contributed by atoms with Crippen molar-refractivity contribution in [3.63, 3.8) is 0 Å². The average Bonchev–Trinajstić information content (AvgIpc) is 3.11. The Hall–Kier alpha value is -1.13. The van der Waals surface area contributed by atoms with Crippen LogP contribution in [0.3, 0.4) is 0 Å². The molecule has 0 aliphatic carbocycles. The molecule has 0 amide bonds. The number of fused-ring (bicyclic) bond motifs is 1. The minimum absolute atomic E-state index is 0.281. The fourth-order valence-corrected chi connectivity index (χ4v) is 5.90. The van der Waals surface area contributed by atoms with E-state index >= 15 is 0 Å². The summed E-state index contributed by atoms with van der Waals surface area (Å²) in [5.41, 5.74) is 1.14. The molecule has 136 valence electrons. The van der Waals surface area contributed by atoms with E-state index in [1.54, 1.807) is 22.5 Å². The summed E-state index contributed by atoms with van der Waals surface area (Å²) >= 11 is 1.05. The Kier molecular flexibility index (Phi) is 5.01. The maximum absolute atomic E-state index is 13.0. The van der Waals surface area contributed by atoms with Crippen LogP contribution < -0.4 is 5.32 Å². The Bertz CT molecular complexity index is 806. The van der Waals surface area contributed by atoms with E-state index in [-0.39, 0.29) is 4.90 Å². The zero-order valence-corrected chi connectivity index (χ0v) is 15.7. The first-order chi connectivity index (χ1) is 12.1. The van der Waals surface area contributed by atoms with Gasteiger partial charge in [0, 0.05) is 32.7 Å². The van der Waals surface area contributed by atoms with Crippen molar-refractivity contribution in [1.29, 1.82) is 0 Å². The lowest BCUT2D eigenvalue weighted by molar-refractivity contribution is 0.154. The van der Waals surface area contributed by atoms with Gasteiger partial charge in [0.15, 0.2) is 0 Å². The number of hydrogen-bond acceptors (Lipinski definition) is 6. The van der Waals surface area contributed by atoms with Crippen LogP contribution in [0.5, 0.6) is 0 Å². The van der Waals surface area contributed by atoms with Crippen LogP contribution in [-0.2, 0) is 21.4 Å². The van der Waals surface area contributed by atoms with E-state index in [4.69, 9.17) is 0 Å². The standard InChI is InChI=1S/C16H23N5O2S2/c22-25(23,15-5-1-4-14-16(15)19-24-18-14)21-9-7-20(8-10-21)12-13-3-2-6-17-11-13/h1,4-5,13,17H,2-3,6-12H2. The molecule has 3 aliphatic rings. The topological polar surface area (TPSA) is 77.4 Å². The summed E-state index contributed by atoms with van der Waals surface area (Å²) in [7, 11) is -3.52. The number of piperidine rings is 1. The summed E-state index contributed by atoms with van der Waals surface area (Å²) in [4.78, 5) is 2.68. The molecule has 0 saturated carbocycles. The Morgan fingerprint density at radius 1 is 1.20 bits per heavy atom. The molecule has 3 heterocycles. The lowest BCUT2D eigenvalue weighted by atomic mass is 9.99. The third-order valence-electron chi connectivity index (χ3n) is 5.11. The number of piperazine rings is 1. The van der Waals surface area contributed by atoms with Crippen molar-refractivity contribution in [1.82, 2.24) is 14.5 Å². The molecule has 0 radical (unpaired) electrons. The fourth-order valence-electron chi connectivity index (χ4n) is 3.73. The van der Waals surface area contributed by atoms with Crippen LogP contribution in [0.1, 0.15) is 12.8 Å². The third kappa shape index (κ3) is 3.56. The van der Waals surface area contributed by atoms with Crippen molar-refractivity contribution < 1.29 is 8.42 Å². The van der Waals surface area contributed by atoms with Crippen molar-refractivity contribution in [2.45, 2.75) is 17.7 Å². The minimum Gasteiger partial charge on any atom is -0.316 e. The molecule has 4 rings (SSSR count). The molecular weight excluding hydrogens is 358 g/mol. The van der Waals surface area contributed by atoms with E-state index in [0.29, 0.717) is 30.4 Å². The lowest BCUT2D eigenvalue weighted by Gasteiger charge is -2.36. The normalized spacial score (nSPS) is 24.9. The first-order valence-corrected chi connectivity index (χ1v) is 11.0. The van der Waals surface area contributed by atoms with Crippen molar-refractivity contribution in [3.05, 3.63) is 18.2 Å². The monoisotopic (exact) mass is 381 g/mol. The van der Waals surface area contributed by atoms with Crippen molar-refractivity contribution in [2.75, 3.05) is 45.8 Å². The molecule has 1 N–H and O–H groups in total. The molecule has 0 spiro atoms. The summed E-state index contributed by atoms with van der Waals surface area (Å²) in [5, 5.41) is 3.45. The van der Waals surface area contributed by atoms with Crippen LogP contribution in [0.4, 0.5) is 11.4 Å². The Morgan fingerprint density at radius 3 is 2.80 bits per heavy atom. The van der Waals surface area contributed by atoms with E-state index in [9.17, 15) is 8.42 Å². The van der Waals surface area contributed by atoms with E-state index in [1.807, 2.05) is 0 Å². The highest BCUT2D eigenvalue weighted by Gasteiger charge is 2.32. The van der Waals surface area contributed by atoms with Crippen LogP contribution >= 0.6 is 0 Å². The van der Waals surface area contributed by atoms with Crippen LogP contribution in [-0.4, -0.2) is 63.4 Å². The molecule has 0 bridgehead atoms. The predicted molar refractivity (Wildman–Crippen MR) is 98.8 cm³/mol. The van der Waals surface area contributed by atoms with Gasteiger partial charge in [-0.2, -0.15) is 13.0 Å². The van der Waals surface area contributed by atoms with Gasteiger partial charge in [0.1, 0.15) is 16.3 Å². The Morgan fingerprint density at radius 2 is 2.04 bits per heavy atom. The van der Waals surface area contributed by atoms with Gasteiger partial charge in [0.2, 0.25) is 10.0 Å². The van der Waals surface area contributed by atoms with E-state index in [1.165, 1.54) is 12.8 Å². The zero-order valence-electron chi connectivity index (χ0n) is 14.1. The first kappa shape index (κ1) is 17.3. The first-order valence-electron chi connectivity index (χ1n) is 8.79. The highest BCUT2D eigenvalue weighted by atomic mass is 32.2. The molecule has 7 nitrogen and oxygen atoms in total. The van der Waals surface area contributed by atoms with Crippen molar-refractivity contribution in [3.8, 4) is 0 Å². The number of nitrogens with one attached hydrogen (secondary N) is 1. The highest BCUT2D eigenvalue weighted by molar-refractivity contribution is 7.89. The van der Waals surface area contributed by atoms with Gasteiger partial charge in [-0.25, -0.2) is 8.42 Å². The molecule has 1 aromatic carbocycles. The molecule has 25 heavy (non-hydrogen) atoms. The minimum atomic E-state index is -3.52. The quantitative estimate of drug-likeness (QED) is 0.875. The molecule has 0 aromatic heterocycles. The van der Waals surface area contributed by atoms with Crippen LogP contribution in [0.25, 0.3) is 0 Å². The highest BCUT2D eigenvalue weighted by Crippen LogP contribution is 2.38. The Balaban J connectivity index is 1.42. The Labute approximate surface area is 152 Å². The van der Waals surface area contributed by atoms with Crippen molar-refractivity contribution >= 4 is 32.8 Å². The van der Waals surface area contributed by atoms with Gasteiger partial charge in [-0.05, 0) is 44.0 Å². The lowest BCUT2D eigenvalue weighted by Crippen LogP contribution is -2.50. The van der Waals surface area contributed by atoms with Gasteiger partial charge in [0.25, 0.3) is 0 Å². The maximum atomic E-state index is 13.0. The van der Waals surface area contributed by atoms with E-state index in [0.717, 1.165) is 44.1 Å². The molecule has 3 aliphatic heterocycles. The molecule has 1 aromatic rings. The van der Waals surface area contributed by atoms with Crippen LogP contribution in [0.2, 0.25) is 0 Å². The second-order valence-corrected chi connectivity index (χ2v) is 9.24. The number of hydrogen-bond donors (Lipinski definition) is 1. The molecule has 1 atom stereocenters. The zero-order chi connectivity index (χ0) is 17.3. The maximum Gasteiger partial charge on any atom is 0.245 e. The third-order valence-corrected chi connectivity index (χ3v) is 7.59. The predicted octanol–water partition coefficient (Wildman–Crippen LogP) is 1.72. The van der Waals surface area contributed by atoms with Gasteiger partial charge in [-0.3, -0.25) is 0 Å². The number of nitrogens with zero attached hydrogens (tertiary/aromatic N) is 4. The summed E-state index contributed by atoms with van der Waals surface area (Å²) in [6.45, 7) is 5.93. The summed E-state index contributed by atoms with van der Waals surface area (Å²) in [5.74, 6) is 0.687. The summed E-state index contributed by atoms with van der Waals surface area (Å²) in [6, 6.07) is 5.18. The van der Waals surface area contributed by atoms with Gasteiger partial charge in [0.05, 0.1) is 11.4 Å². The van der Waals surface area contributed by atoms with E-state index in [2.05, 4.69) is 18.9 Å². The molecular formula is C16H23N5O2S2. The van der Waals surface area contributed by atoms with Gasteiger partial charge >= 0.3 is 0 Å². The largest absolute Gasteiger partial charge is 0.316 e. The van der Waals surface area contributed by atoms with Gasteiger partial charge < -0.3 is 10.2 Å². The molecule has 9 heteroatoms.